The lowest BCUT2D eigenvalue weighted by atomic mass is 10.0. The van der Waals surface area contributed by atoms with Crippen LogP contribution in [0, 0.1) is 0 Å². The summed E-state index contributed by atoms with van der Waals surface area (Å²) in [6.07, 6.45) is 0.505. The molecule has 0 aliphatic heterocycles. The Balaban J connectivity index is 0.000000194. The second-order valence-corrected chi connectivity index (χ2v) is 7.17. The van der Waals surface area contributed by atoms with Crippen LogP contribution in [0.5, 0.6) is 0 Å². The lowest BCUT2D eigenvalue weighted by molar-refractivity contribution is 0.0989. The zero-order chi connectivity index (χ0) is 19.6. The van der Waals surface area contributed by atoms with Gasteiger partial charge in [0.15, 0.2) is 11.6 Å². The Morgan fingerprint density at radius 1 is 0.852 bits per heavy atom. The Hall–Kier alpha value is -2.18. The molecule has 3 rings (SSSR count). The highest BCUT2D eigenvalue weighted by atomic mass is 127. The van der Waals surface area contributed by atoms with Crippen LogP contribution in [0.4, 0.5) is 5.69 Å². The van der Waals surface area contributed by atoms with E-state index < -0.39 is 0 Å². The van der Waals surface area contributed by atoms with Crippen LogP contribution in [0.2, 0.25) is 5.02 Å². The number of hydrogen-bond donors (Lipinski definition) is 1. The van der Waals surface area contributed by atoms with Gasteiger partial charge in [0, 0.05) is 38.2 Å². The minimum absolute atomic E-state index is 0.0504. The van der Waals surface area contributed by atoms with Gasteiger partial charge < -0.3 is 5.73 Å². The van der Waals surface area contributed by atoms with Crippen LogP contribution in [-0.2, 0) is 0 Å². The van der Waals surface area contributed by atoms with Gasteiger partial charge in [-0.05, 0) is 18.2 Å². The van der Waals surface area contributed by atoms with Crippen molar-refractivity contribution < 1.29 is 9.59 Å². The van der Waals surface area contributed by atoms with Gasteiger partial charge in [0.05, 0.1) is 0 Å². The maximum absolute atomic E-state index is 11.8. The number of anilines is 1. The van der Waals surface area contributed by atoms with Gasteiger partial charge in [-0.15, -0.1) is 0 Å². The number of alkyl halides is 1. The average Bonchev–Trinajstić information content (AvgIpc) is 2.71. The van der Waals surface area contributed by atoms with Crippen molar-refractivity contribution in [2.24, 2.45) is 0 Å². The Labute approximate surface area is 177 Å². The largest absolute Gasteiger partial charge is 0.398 e. The Bertz CT molecular complexity index is 857. The summed E-state index contributed by atoms with van der Waals surface area (Å²) in [7, 11) is 0. The monoisotopic (exact) mass is 491 g/mol. The van der Waals surface area contributed by atoms with Crippen molar-refractivity contribution in [3.63, 3.8) is 0 Å². The number of halogens is 2. The number of rotatable bonds is 5. The molecule has 2 N–H and O–H groups in total. The molecule has 0 amide bonds. The summed E-state index contributed by atoms with van der Waals surface area (Å²) >= 11 is 7.91. The van der Waals surface area contributed by atoms with Gasteiger partial charge in [-0.25, -0.2) is 0 Å². The molecule has 5 heteroatoms. The molecule has 0 aliphatic carbocycles. The molecule has 0 spiro atoms. The van der Waals surface area contributed by atoms with Crippen molar-refractivity contribution >= 4 is 51.4 Å². The molecule has 0 atom stereocenters. The summed E-state index contributed by atoms with van der Waals surface area (Å²) in [5, 5.41) is 0.547. The second-order valence-electron chi connectivity index (χ2n) is 5.65. The molecule has 0 fully saturated rings. The zero-order valence-electron chi connectivity index (χ0n) is 14.6. The highest BCUT2D eigenvalue weighted by Gasteiger charge is 2.09. The van der Waals surface area contributed by atoms with E-state index >= 15 is 0 Å². The zero-order valence-corrected chi connectivity index (χ0v) is 17.5. The predicted octanol–water partition coefficient (Wildman–Crippen LogP) is 5.85. The number of nitrogen functional groups attached to an aromatic ring is 1. The fourth-order valence-electron chi connectivity index (χ4n) is 2.34. The highest BCUT2D eigenvalue weighted by molar-refractivity contribution is 14.1. The van der Waals surface area contributed by atoms with Gasteiger partial charge in [0.1, 0.15) is 0 Å². The smallest absolute Gasteiger partial charge is 0.193 e. The molecule has 0 bridgehead atoms. The van der Waals surface area contributed by atoms with Crippen LogP contribution in [0.25, 0.3) is 0 Å². The molecule has 0 unspecified atom stereocenters. The van der Waals surface area contributed by atoms with Crippen LogP contribution >= 0.6 is 34.2 Å². The van der Waals surface area contributed by atoms with E-state index in [0.29, 0.717) is 22.7 Å². The lowest BCUT2D eigenvalue weighted by Gasteiger charge is -2.03. The Kier molecular flexibility index (Phi) is 8.48. The van der Waals surface area contributed by atoms with Crippen molar-refractivity contribution in [1.29, 1.82) is 0 Å². The number of hydrogen-bond acceptors (Lipinski definition) is 3. The van der Waals surface area contributed by atoms with Crippen LogP contribution in [0.3, 0.4) is 0 Å². The topological polar surface area (TPSA) is 60.2 Å². The third kappa shape index (κ3) is 6.48. The quantitative estimate of drug-likeness (QED) is 0.211. The van der Waals surface area contributed by atoms with E-state index in [1.54, 1.807) is 18.2 Å². The normalized spacial score (nSPS) is 9.85. The summed E-state index contributed by atoms with van der Waals surface area (Å²) in [4.78, 5) is 23.3. The first-order valence-electron chi connectivity index (χ1n) is 8.32. The van der Waals surface area contributed by atoms with Crippen molar-refractivity contribution in [2.75, 3.05) is 10.2 Å². The van der Waals surface area contributed by atoms with Gasteiger partial charge in [-0.2, -0.15) is 0 Å². The van der Waals surface area contributed by atoms with Gasteiger partial charge in [-0.3, -0.25) is 9.59 Å². The SMILES string of the molecule is Nc1ccc(Cl)cc1C(=O)CCI.O=C(c1ccccc1)c1ccccc1. The number of Topliss-reactive ketones (excluding diaryl/α,β-unsaturated/α-hetero) is 1. The van der Waals surface area contributed by atoms with Crippen molar-refractivity contribution in [2.45, 2.75) is 6.42 Å². The number of nitrogens with two attached hydrogens (primary N) is 1. The molecule has 0 saturated carbocycles. The van der Waals surface area contributed by atoms with Crippen molar-refractivity contribution in [1.82, 2.24) is 0 Å². The van der Waals surface area contributed by atoms with Crippen LogP contribution in [0.15, 0.2) is 78.9 Å². The first-order valence-corrected chi connectivity index (χ1v) is 10.2. The maximum Gasteiger partial charge on any atom is 0.193 e. The molecule has 0 aromatic heterocycles. The summed E-state index contributed by atoms with van der Waals surface area (Å²) in [6.45, 7) is 0. The molecular formula is C22H19ClINO2. The lowest BCUT2D eigenvalue weighted by Crippen LogP contribution is -2.03. The van der Waals surface area contributed by atoms with E-state index in [-0.39, 0.29) is 11.6 Å². The third-order valence-electron chi connectivity index (χ3n) is 3.71. The van der Waals surface area contributed by atoms with Gasteiger partial charge in [0.25, 0.3) is 0 Å². The molecule has 3 aromatic carbocycles. The molecule has 0 aliphatic rings. The standard InChI is InChI=1S/C13H10O.C9H9ClINO/c14-13(11-7-3-1-4-8-11)12-9-5-2-6-10-12;10-6-1-2-8(12)7(5-6)9(13)3-4-11/h1-10H;1-2,5H,3-4,12H2. The molecule has 0 heterocycles. The first kappa shape index (κ1) is 21.1. The van der Waals surface area contributed by atoms with Crippen LogP contribution in [-0.4, -0.2) is 16.0 Å². The summed E-state index contributed by atoms with van der Waals surface area (Å²) < 4.78 is 0.794. The number of ketones is 2. The fraction of sp³-hybridized carbons (Fsp3) is 0.0909. The third-order valence-corrected chi connectivity index (χ3v) is 4.48. The molecule has 3 nitrogen and oxygen atoms in total. The van der Waals surface area contributed by atoms with E-state index in [4.69, 9.17) is 17.3 Å². The molecule has 138 valence electrons. The number of carbonyl (C=O) groups is 2. The maximum atomic E-state index is 11.8. The number of carbonyl (C=O) groups excluding carboxylic acids is 2. The summed E-state index contributed by atoms with van der Waals surface area (Å²) in [5.41, 5.74) is 8.14. The van der Waals surface area contributed by atoms with E-state index in [9.17, 15) is 9.59 Å². The van der Waals surface area contributed by atoms with E-state index in [2.05, 4.69) is 22.6 Å². The minimum Gasteiger partial charge on any atom is -0.398 e. The van der Waals surface area contributed by atoms with Crippen LogP contribution in [0.1, 0.15) is 32.7 Å². The molecular weight excluding hydrogens is 473 g/mol. The molecule has 0 radical (unpaired) electrons. The van der Waals surface area contributed by atoms with E-state index in [1.807, 2.05) is 60.7 Å². The summed E-state index contributed by atoms with van der Waals surface area (Å²) in [5.74, 6) is 0.126. The first-order chi connectivity index (χ1) is 13.0. The van der Waals surface area contributed by atoms with Crippen molar-refractivity contribution in [3.05, 3.63) is 101 Å². The minimum atomic E-state index is 0.0504. The average molecular weight is 492 g/mol. The molecule has 27 heavy (non-hydrogen) atoms. The van der Waals surface area contributed by atoms with Crippen molar-refractivity contribution in [3.8, 4) is 0 Å². The Morgan fingerprint density at radius 2 is 1.37 bits per heavy atom. The fourth-order valence-corrected chi connectivity index (χ4v) is 3.00. The summed E-state index contributed by atoms with van der Waals surface area (Å²) in [6, 6.07) is 23.6. The Morgan fingerprint density at radius 3 is 1.85 bits per heavy atom. The molecule has 0 saturated heterocycles. The van der Waals surface area contributed by atoms with Crippen LogP contribution < -0.4 is 5.73 Å². The molecule has 3 aromatic rings. The highest BCUT2D eigenvalue weighted by Crippen LogP contribution is 2.19. The van der Waals surface area contributed by atoms with E-state index in [0.717, 1.165) is 15.6 Å². The van der Waals surface area contributed by atoms with Gasteiger partial charge >= 0.3 is 0 Å². The second kappa shape index (κ2) is 10.8. The van der Waals surface area contributed by atoms with Gasteiger partial charge in [0.2, 0.25) is 0 Å². The van der Waals surface area contributed by atoms with E-state index in [1.165, 1.54) is 0 Å². The van der Waals surface area contributed by atoms with Gasteiger partial charge in [-0.1, -0.05) is 94.9 Å². The number of benzene rings is 3. The predicted molar refractivity (Wildman–Crippen MR) is 120 cm³/mol.